The molecule has 2 rings (SSSR count). The molecule has 0 bridgehead atoms. The Kier molecular flexibility index (Phi) is 1.44. The first-order valence-electron chi connectivity index (χ1n) is 3.56. The highest BCUT2D eigenvalue weighted by molar-refractivity contribution is 5.77. The van der Waals surface area contributed by atoms with Crippen LogP contribution < -0.4 is 11.3 Å². The summed E-state index contributed by atoms with van der Waals surface area (Å²) in [5.74, 6) is 5.90. The van der Waals surface area contributed by atoms with Crippen molar-refractivity contribution in [3.63, 3.8) is 0 Å². The lowest BCUT2D eigenvalue weighted by molar-refractivity contribution is 0.942. The van der Waals surface area contributed by atoms with Gasteiger partial charge < -0.3 is 4.57 Å². The molecule has 0 aliphatic rings. The number of nitrogens with one attached hydrogen (secondary N) is 1. The Morgan fingerprint density at radius 2 is 2.42 bits per heavy atom. The van der Waals surface area contributed by atoms with Crippen molar-refractivity contribution in [1.82, 2.24) is 14.5 Å². The minimum atomic E-state index is 0.637. The Morgan fingerprint density at radius 3 is 3.08 bits per heavy atom. The number of aromatic nitrogens is 3. The van der Waals surface area contributed by atoms with Gasteiger partial charge in [-0.25, -0.2) is 10.8 Å². The number of rotatable bonds is 1. The molecule has 0 amide bonds. The van der Waals surface area contributed by atoms with Gasteiger partial charge in [0.25, 0.3) is 0 Å². The zero-order valence-electron chi connectivity index (χ0n) is 6.65. The molecule has 2 heterocycles. The Balaban J connectivity index is 2.78. The third-order valence-electron chi connectivity index (χ3n) is 1.81. The molecule has 0 unspecified atom stereocenters. The maximum atomic E-state index is 5.26. The van der Waals surface area contributed by atoms with E-state index in [4.69, 9.17) is 5.84 Å². The Labute approximate surface area is 69.2 Å². The van der Waals surface area contributed by atoms with Gasteiger partial charge in [-0.1, -0.05) is 0 Å². The Bertz CT molecular complexity index is 405. The summed E-state index contributed by atoms with van der Waals surface area (Å²) in [6.45, 7) is 0. The van der Waals surface area contributed by atoms with Crippen LogP contribution in [-0.2, 0) is 7.05 Å². The number of aryl methyl sites for hydroxylation is 1. The van der Waals surface area contributed by atoms with Crippen LogP contribution in [-0.4, -0.2) is 14.5 Å². The number of nitrogens with zero attached hydrogens (tertiary/aromatic N) is 3. The van der Waals surface area contributed by atoms with Crippen molar-refractivity contribution in [2.75, 3.05) is 5.43 Å². The zero-order valence-corrected chi connectivity index (χ0v) is 6.65. The van der Waals surface area contributed by atoms with Crippen molar-refractivity contribution in [1.29, 1.82) is 0 Å². The normalized spacial score (nSPS) is 10.5. The summed E-state index contributed by atoms with van der Waals surface area (Å²) in [4.78, 5) is 8.15. The van der Waals surface area contributed by atoms with E-state index in [1.807, 2.05) is 17.7 Å². The topological polar surface area (TPSA) is 68.8 Å². The summed E-state index contributed by atoms with van der Waals surface area (Å²) < 4.78 is 1.87. The van der Waals surface area contributed by atoms with E-state index >= 15 is 0 Å². The van der Waals surface area contributed by atoms with Gasteiger partial charge in [-0.05, 0) is 6.07 Å². The first-order chi connectivity index (χ1) is 5.83. The molecule has 3 N–H and O–H groups in total. The molecule has 5 nitrogen and oxygen atoms in total. The predicted molar refractivity (Wildman–Crippen MR) is 46.3 cm³/mol. The van der Waals surface area contributed by atoms with Gasteiger partial charge in [0, 0.05) is 13.2 Å². The minimum absolute atomic E-state index is 0.637. The summed E-state index contributed by atoms with van der Waals surface area (Å²) >= 11 is 0. The molecule has 12 heavy (non-hydrogen) atoms. The highest BCUT2D eigenvalue weighted by atomic mass is 15.3. The molecule has 62 valence electrons. The maximum Gasteiger partial charge on any atom is 0.218 e. The van der Waals surface area contributed by atoms with Crippen molar-refractivity contribution in [2.45, 2.75) is 0 Å². The SMILES string of the molecule is Cn1c(NN)nc2cnccc21. The van der Waals surface area contributed by atoms with Crippen LogP contribution in [0.3, 0.4) is 0 Å². The lowest BCUT2D eigenvalue weighted by Gasteiger charge is -1.98. The second-order valence-corrected chi connectivity index (χ2v) is 2.50. The molecular weight excluding hydrogens is 154 g/mol. The third kappa shape index (κ3) is 0.835. The summed E-state index contributed by atoms with van der Waals surface area (Å²) in [5, 5.41) is 0. The Morgan fingerprint density at radius 1 is 1.58 bits per heavy atom. The average molecular weight is 163 g/mol. The highest BCUT2D eigenvalue weighted by Gasteiger charge is 2.04. The number of anilines is 1. The molecule has 0 aliphatic carbocycles. The fourth-order valence-electron chi connectivity index (χ4n) is 1.18. The minimum Gasteiger partial charge on any atom is -0.312 e. The third-order valence-corrected chi connectivity index (χ3v) is 1.81. The van der Waals surface area contributed by atoms with E-state index in [9.17, 15) is 0 Å². The molecule has 0 radical (unpaired) electrons. The molecule has 0 atom stereocenters. The van der Waals surface area contributed by atoms with Crippen LogP contribution in [0.5, 0.6) is 0 Å². The number of pyridine rings is 1. The summed E-state index contributed by atoms with van der Waals surface area (Å²) in [5.41, 5.74) is 4.36. The second-order valence-electron chi connectivity index (χ2n) is 2.50. The standard InChI is InChI=1S/C7H9N5/c1-12-6-2-3-9-4-5(6)10-7(12)11-8/h2-4H,8H2,1H3,(H,10,11). The number of hydrazine groups is 1. The highest BCUT2D eigenvalue weighted by Crippen LogP contribution is 2.14. The summed E-state index contributed by atoms with van der Waals surface area (Å²) in [6.07, 6.45) is 3.43. The molecule has 0 fully saturated rings. The van der Waals surface area contributed by atoms with Crippen molar-refractivity contribution in [3.05, 3.63) is 18.5 Å². The first-order valence-corrected chi connectivity index (χ1v) is 3.56. The molecule has 0 saturated carbocycles. The number of fused-ring (bicyclic) bond motifs is 1. The lowest BCUT2D eigenvalue weighted by Crippen LogP contribution is -2.11. The van der Waals surface area contributed by atoms with Crippen molar-refractivity contribution in [3.8, 4) is 0 Å². The molecule has 0 aliphatic heterocycles. The van der Waals surface area contributed by atoms with Gasteiger partial charge in [0.05, 0.1) is 11.7 Å². The molecule has 2 aromatic heterocycles. The van der Waals surface area contributed by atoms with Crippen LogP contribution in [0.2, 0.25) is 0 Å². The number of nitrogen functional groups attached to an aromatic ring is 1. The predicted octanol–water partition coefficient (Wildman–Crippen LogP) is 0.254. The van der Waals surface area contributed by atoms with E-state index in [1.54, 1.807) is 12.4 Å². The zero-order chi connectivity index (χ0) is 8.55. The first kappa shape index (κ1) is 7.05. The van der Waals surface area contributed by atoms with E-state index in [0.29, 0.717) is 5.95 Å². The van der Waals surface area contributed by atoms with Crippen LogP contribution in [0.15, 0.2) is 18.5 Å². The molecule has 2 aromatic rings. The summed E-state index contributed by atoms with van der Waals surface area (Å²) in [7, 11) is 1.89. The largest absolute Gasteiger partial charge is 0.312 e. The fraction of sp³-hybridized carbons (Fsp3) is 0.143. The van der Waals surface area contributed by atoms with E-state index in [-0.39, 0.29) is 0 Å². The van der Waals surface area contributed by atoms with E-state index in [2.05, 4.69) is 15.4 Å². The number of hydrogen-bond donors (Lipinski definition) is 2. The maximum absolute atomic E-state index is 5.26. The average Bonchev–Trinajstić information content (AvgIpc) is 2.44. The van der Waals surface area contributed by atoms with Crippen LogP contribution in [0.25, 0.3) is 11.0 Å². The number of imidazole rings is 1. The second kappa shape index (κ2) is 2.46. The van der Waals surface area contributed by atoms with Gasteiger partial charge >= 0.3 is 0 Å². The smallest absolute Gasteiger partial charge is 0.218 e. The van der Waals surface area contributed by atoms with E-state index in [1.165, 1.54) is 0 Å². The van der Waals surface area contributed by atoms with Gasteiger partial charge in [-0.3, -0.25) is 10.4 Å². The van der Waals surface area contributed by atoms with Crippen molar-refractivity contribution >= 4 is 17.0 Å². The van der Waals surface area contributed by atoms with Gasteiger partial charge in [-0.15, -0.1) is 0 Å². The Hall–Kier alpha value is -1.62. The van der Waals surface area contributed by atoms with E-state index in [0.717, 1.165) is 11.0 Å². The summed E-state index contributed by atoms with van der Waals surface area (Å²) in [6, 6.07) is 1.89. The monoisotopic (exact) mass is 163 g/mol. The van der Waals surface area contributed by atoms with Crippen LogP contribution in [0.1, 0.15) is 0 Å². The van der Waals surface area contributed by atoms with Crippen LogP contribution in [0.4, 0.5) is 5.95 Å². The molecule has 5 heteroatoms. The lowest BCUT2D eigenvalue weighted by atomic mass is 10.4. The van der Waals surface area contributed by atoms with E-state index < -0.39 is 0 Å². The van der Waals surface area contributed by atoms with Crippen LogP contribution >= 0.6 is 0 Å². The molecule has 0 spiro atoms. The van der Waals surface area contributed by atoms with Gasteiger partial charge in [0.1, 0.15) is 5.52 Å². The van der Waals surface area contributed by atoms with Crippen molar-refractivity contribution < 1.29 is 0 Å². The number of nitrogens with two attached hydrogens (primary N) is 1. The fourth-order valence-corrected chi connectivity index (χ4v) is 1.18. The van der Waals surface area contributed by atoms with Crippen molar-refractivity contribution in [2.24, 2.45) is 12.9 Å². The van der Waals surface area contributed by atoms with Gasteiger partial charge in [-0.2, -0.15) is 0 Å². The molecule has 0 saturated heterocycles. The van der Waals surface area contributed by atoms with Gasteiger partial charge in [0.2, 0.25) is 5.95 Å². The van der Waals surface area contributed by atoms with Crippen LogP contribution in [0, 0.1) is 0 Å². The number of hydrogen-bond acceptors (Lipinski definition) is 4. The quantitative estimate of drug-likeness (QED) is 0.467. The molecule has 0 aromatic carbocycles. The van der Waals surface area contributed by atoms with Gasteiger partial charge in [0.15, 0.2) is 0 Å². The molecular formula is C7H9N5.